The molecule has 0 atom stereocenters. The number of benzene rings is 7. The predicted molar refractivity (Wildman–Crippen MR) is 195 cm³/mol. The van der Waals surface area contributed by atoms with E-state index >= 15 is 0 Å². The maximum atomic E-state index is 10.3. The van der Waals surface area contributed by atoms with Gasteiger partial charge in [-0.2, -0.15) is 10.5 Å². The number of para-hydroxylation sites is 4. The monoisotopic (exact) mass is 610 g/mol. The van der Waals surface area contributed by atoms with Crippen molar-refractivity contribution in [3.63, 3.8) is 0 Å². The van der Waals surface area contributed by atoms with Gasteiger partial charge in [0, 0.05) is 38.4 Å². The van der Waals surface area contributed by atoms with Gasteiger partial charge < -0.3 is 9.13 Å². The maximum Gasteiger partial charge on any atom is 0.0998 e. The predicted octanol–water partition coefficient (Wildman–Crippen LogP) is 11.0. The van der Waals surface area contributed by atoms with Crippen LogP contribution in [-0.4, -0.2) is 9.13 Å². The molecule has 222 valence electrons. The highest BCUT2D eigenvalue weighted by atomic mass is 15.0. The molecule has 4 heteroatoms. The molecular formula is C44H26N4. The summed E-state index contributed by atoms with van der Waals surface area (Å²) in [5.41, 5.74) is 11.7. The fourth-order valence-electron chi connectivity index (χ4n) is 7.28. The van der Waals surface area contributed by atoms with E-state index < -0.39 is 0 Å². The van der Waals surface area contributed by atoms with Gasteiger partial charge in [-0.3, -0.25) is 0 Å². The van der Waals surface area contributed by atoms with Gasteiger partial charge >= 0.3 is 0 Å². The van der Waals surface area contributed by atoms with Crippen LogP contribution in [0.1, 0.15) is 11.1 Å². The van der Waals surface area contributed by atoms with Crippen molar-refractivity contribution < 1.29 is 0 Å². The van der Waals surface area contributed by atoms with Crippen LogP contribution in [0.3, 0.4) is 0 Å². The molecular weight excluding hydrogens is 585 g/mol. The molecule has 4 nitrogen and oxygen atoms in total. The molecule has 0 spiro atoms. The molecule has 2 heterocycles. The summed E-state index contributed by atoms with van der Waals surface area (Å²) >= 11 is 0. The molecule has 0 fully saturated rings. The lowest BCUT2D eigenvalue weighted by atomic mass is 9.94. The summed E-state index contributed by atoms with van der Waals surface area (Å²) in [5.74, 6) is 0. The standard InChI is InChI=1S/C44H26N4/c45-27-29-20-23-44-39(24-29)37-15-4-8-19-43(37)48(44)40-16-5-1-12-34(40)31-21-22-32(28-46)38(26-31)30-10-9-11-33(25-30)47-41-17-6-2-13-35(41)36-14-3-7-18-42(36)47/h1-26H. The third kappa shape index (κ3) is 4.14. The number of fused-ring (bicyclic) bond motifs is 6. The number of hydrogen-bond donors (Lipinski definition) is 0. The Morgan fingerprint density at radius 1 is 0.396 bits per heavy atom. The summed E-state index contributed by atoms with van der Waals surface area (Å²) < 4.78 is 4.58. The van der Waals surface area contributed by atoms with E-state index in [0.717, 1.165) is 66.5 Å². The number of aromatic nitrogens is 2. The van der Waals surface area contributed by atoms with Gasteiger partial charge in [0.2, 0.25) is 0 Å². The quantitative estimate of drug-likeness (QED) is 0.199. The van der Waals surface area contributed by atoms with Crippen LogP contribution in [0.4, 0.5) is 0 Å². The van der Waals surface area contributed by atoms with Crippen molar-refractivity contribution in [2.75, 3.05) is 0 Å². The van der Waals surface area contributed by atoms with Gasteiger partial charge in [-0.05, 0) is 77.9 Å². The summed E-state index contributed by atoms with van der Waals surface area (Å²) in [5, 5.41) is 24.5. The molecule has 0 bridgehead atoms. The second kappa shape index (κ2) is 10.9. The highest BCUT2D eigenvalue weighted by Crippen LogP contribution is 2.39. The highest BCUT2D eigenvalue weighted by molar-refractivity contribution is 6.11. The molecule has 0 aliphatic rings. The van der Waals surface area contributed by atoms with Gasteiger partial charge in [-0.1, -0.05) is 91.0 Å². The number of rotatable bonds is 4. The number of nitriles is 2. The average Bonchev–Trinajstić information content (AvgIpc) is 3.67. The summed E-state index contributed by atoms with van der Waals surface area (Å²) in [4.78, 5) is 0. The van der Waals surface area contributed by atoms with E-state index in [1.165, 1.54) is 10.8 Å². The summed E-state index contributed by atoms with van der Waals surface area (Å²) in [6.07, 6.45) is 0. The molecule has 7 aromatic carbocycles. The SMILES string of the molecule is N#Cc1ccc2c(c1)c1ccccc1n2-c1ccccc1-c1ccc(C#N)c(-c2cccc(-n3c4ccccc4c4ccccc43)c2)c1. The van der Waals surface area contributed by atoms with Crippen molar-refractivity contribution in [3.05, 3.63) is 169 Å². The Labute approximate surface area is 277 Å². The first-order valence-electron chi connectivity index (χ1n) is 15.9. The van der Waals surface area contributed by atoms with E-state index in [0.29, 0.717) is 11.1 Å². The minimum Gasteiger partial charge on any atom is -0.309 e. The van der Waals surface area contributed by atoms with E-state index in [4.69, 9.17) is 0 Å². The first-order chi connectivity index (χ1) is 23.7. The minimum absolute atomic E-state index is 0.622. The topological polar surface area (TPSA) is 57.4 Å². The van der Waals surface area contributed by atoms with Gasteiger partial charge in [0.05, 0.1) is 51.0 Å². The van der Waals surface area contributed by atoms with Crippen LogP contribution in [-0.2, 0) is 0 Å². The Balaban J connectivity index is 1.24. The molecule has 48 heavy (non-hydrogen) atoms. The largest absolute Gasteiger partial charge is 0.309 e. The first-order valence-corrected chi connectivity index (χ1v) is 15.9. The van der Waals surface area contributed by atoms with Gasteiger partial charge in [0.1, 0.15) is 0 Å². The van der Waals surface area contributed by atoms with Gasteiger partial charge in [0.15, 0.2) is 0 Å². The normalized spacial score (nSPS) is 11.3. The Kier molecular flexibility index (Phi) is 6.22. The Morgan fingerprint density at radius 2 is 1.00 bits per heavy atom. The van der Waals surface area contributed by atoms with Crippen molar-refractivity contribution in [1.82, 2.24) is 9.13 Å². The summed E-state index contributed by atoms with van der Waals surface area (Å²) in [6, 6.07) is 58.9. The number of nitrogens with zero attached hydrogens (tertiary/aromatic N) is 4. The zero-order chi connectivity index (χ0) is 32.2. The third-order valence-electron chi connectivity index (χ3n) is 9.39. The molecule has 9 rings (SSSR count). The van der Waals surface area contributed by atoms with Crippen LogP contribution in [0.15, 0.2) is 158 Å². The molecule has 0 N–H and O–H groups in total. The molecule has 9 aromatic rings. The van der Waals surface area contributed by atoms with E-state index in [1.54, 1.807) is 0 Å². The molecule has 0 aliphatic heterocycles. The first kappa shape index (κ1) is 27.4. The van der Waals surface area contributed by atoms with Crippen molar-refractivity contribution in [1.29, 1.82) is 10.5 Å². The fraction of sp³-hybridized carbons (Fsp3) is 0. The Morgan fingerprint density at radius 3 is 1.71 bits per heavy atom. The smallest absolute Gasteiger partial charge is 0.0998 e. The second-order valence-electron chi connectivity index (χ2n) is 12.0. The van der Waals surface area contributed by atoms with E-state index in [-0.39, 0.29) is 0 Å². The minimum atomic E-state index is 0.622. The van der Waals surface area contributed by atoms with E-state index in [1.807, 2.05) is 36.4 Å². The number of hydrogen-bond acceptors (Lipinski definition) is 2. The van der Waals surface area contributed by atoms with E-state index in [2.05, 4.69) is 143 Å². The summed E-state index contributed by atoms with van der Waals surface area (Å²) in [7, 11) is 0. The molecule has 0 saturated carbocycles. The average molecular weight is 611 g/mol. The van der Waals surface area contributed by atoms with Crippen molar-refractivity contribution >= 4 is 43.6 Å². The Bertz CT molecular complexity index is 2760. The lowest BCUT2D eigenvalue weighted by Gasteiger charge is -2.16. The lowest BCUT2D eigenvalue weighted by Crippen LogP contribution is -1.98. The Hall–Kier alpha value is -6.88. The van der Waals surface area contributed by atoms with Crippen LogP contribution in [0.25, 0.3) is 77.2 Å². The van der Waals surface area contributed by atoms with Gasteiger partial charge in [0.25, 0.3) is 0 Å². The van der Waals surface area contributed by atoms with Gasteiger partial charge in [-0.25, -0.2) is 0 Å². The fourth-order valence-corrected chi connectivity index (χ4v) is 7.28. The zero-order valence-electron chi connectivity index (χ0n) is 25.8. The van der Waals surface area contributed by atoms with Crippen molar-refractivity contribution in [3.8, 4) is 45.8 Å². The lowest BCUT2D eigenvalue weighted by molar-refractivity contribution is 1.18. The third-order valence-corrected chi connectivity index (χ3v) is 9.39. The van der Waals surface area contributed by atoms with Gasteiger partial charge in [-0.15, -0.1) is 0 Å². The zero-order valence-corrected chi connectivity index (χ0v) is 25.8. The molecule has 2 aromatic heterocycles. The van der Waals surface area contributed by atoms with Crippen molar-refractivity contribution in [2.24, 2.45) is 0 Å². The van der Waals surface area contributed by atoms with Crippen LogP contribution in [0, 0.1) is 22.7 Å². The van der Waals surface area contributed by atoms with Crippen LogP contribution in [0.2, 0.25) is 0 Å². The van der Waals surface area contributed by atoms with Crippen LogP contribution < -0.4 is 0 Å². The molecule has 0 amide bonds. The van der Waals surface area contributed by atoms with Crippen molar-refractivity contribution in [2.45, 2.75) is 0 Å². The van der Waals surface area contributed by atoms with E-state index in [9.17, 15) is 10.5 Å². The maximum absolute atomic E-state index is 10.3. The molecule has 0 saturated heterocycles. The molecule has 0 unspecified atom stereocenters. The molecule has 0 radical (unpaired) electrons. The highest BCUT2D eigenvalue weighted by Gasteiger charge is 2.18. The second-order valence-corrected chi connectivity index (χ2v) is 12.0. The van der Waals surface area contributed by atoms with Crippen LogP contribution in [0.5, 0.6) is 0 Å². The molecule has 0 aliphatic carbocycles. The van der Waals surface area contributed by atoms with Crippen LogP contribution >= 0.6 is 0 Å². The summed E-state index contributed by atoms with van der Waals surface area (Å²) in [6.45, 7) is 0.